The van der Waals surface area contributed by atoms with Gasteiger partial charge in [0.05, 0.1) is 6.10 Å². The van der Waals surface area contributed by atoms with Crippen molar-refractivity contribution in [3.63, 3.8) is 0 Å². The summed E-state index contributed by atoms with van der Waals surface area (Å²) in [5, 5.41) is 20.4. The van der Waals surface area contributed by atoms with Gasteiger partial charge in [0.15, 0.2) is 0 Å². The molecule has 0 spiro atoms. The fourth-order valence-electron chi connectivity index (χ4n) is 11.4. The van der Waals surface area contributed by atoms with E-state index in [1.54, 1.807) is 0 Å². The maximum atomic E-state index is 12.1. The average molecular weight is 470 g/mol. The lowest BCUT2D eigenvalue weighted by Crippen LogP contribution is -2.66. The SMILES string of the molecule is CCC1CC2C(O)C3C4CCC(=N)CC4N(C)C3C(C)(C)C2C2CC12N1CC(C2CCOC2)C1. The molecule has 4 saturated carbocycles. The van der Waals surface area contributed by atoms with Gasteiger partial charge in [0.2, 0.25) is 0 Å². The lowest BCUT2D eigenvalue weighted by molar-refractivity contribution is -0.159. The molecule has 5 nitrogen and oxygen atoms in total. The van der Waals surface area contributed by atoms with Gasteiger partial charge in [-0.05, 0) is 86.0 Å². The van der Waals surface area contributed by atoms with Crippen LogP contribution in [-0.4, -0.2) is 77.7 Å². The molecule has 4 aliphatic carbocycles. The molecule has 2 N–H and O–H groups in total. The van der Waals surface area contributed by atoms with Gasteiger partial charge in [-0.15, -0.1) is 0 Å². The van der Waals surface area contributed by atoms with E-state index >= 15 is 0 Å². The molecule has 5 heteroatoms. The zero-order chi connectivity index (χ0) is 23.6. The number of hydrogen-bond donors (Lipinski definition) is 2. The lowest BCUT2D eigenvalue weighted by Gasteiger charge is -2.61. The minimum Gasteiger partial charge on any atom is -0.392 e. The highest BCUT2D eigenvalue weighted by Gasteiger charge is 2.75. The molecule has 3 aliphatic heterocycles. The molecule has 0 radical (unpaired) electrons. The molecule has 0 aromatic heterocycles. The van der Waals surface area contributed by atoms with E-state index in [1.807, 2.05) is 0 Å². The van der Waals surface area contributed by atoms with E-state index in [0.717, 1.165) is 61.9 Å². The molecule has 0 aromatic rings. The fraction of sp³-hybridized carbons (Fsp3) is 0.966. The van der Waals surface area contributed by atoms with Crippen molar-refractivity contribution in [2.45, 2.75) is 89.4 Å². The molecule has 11 atom stereocenters. The molecule has 3 heterocycles. The zero-order valence-electron chi connectivity index (χ0n) is 21.9. The Hall–Kier alpha value is -0.490. The quantitative estimate of drug-likeness (QED) is 0.658. The third-order valence-corrected chi connectivity index (χ3v) is 12.8. The largest absolute Gasteiger partial charge is 0.392 e. The molecule has 3 saturated heterocycles. The van der Waals surface area contributed by atoms with Crippen LogP contribution < -0.4 is 0 Å². The van der Waals surface area contributed by atoms with Crippen molar-refractivity contribution in [2.75, 3.05) is 33.4 Å². The first-order valence-corrected chi connectivity index (χ1v) is 14.6. The molecule has 11 unspecified atom stereocenters. The first kappa shape index (κ1) is 22.7. The molecule has 34 heavy (non-hydrogen) atoms. The zero-order valence-corrected chi connectivity index (χ0v) is 21.9. The minimum atomic E-state index is -0.153. The van der Waals surface area contributed by atoms with E-state index in [4.69, 9.17) is 10.1 Å². The number of hydrogen-bond acceptors (Lipinski definition) is 5. The summed E-state index contributed by atoms with van der Waals surface area (Å²) in [4.78, 5) is 5.57. The van der Waals surface area contributed by atoms with Crippen molar-refractivity contribution < 1.29 is 9.84 Å². The Kier molecular flexibility index (Phi) is 5.02. The van der Waals surface area contributed by atoms with Crippen LogP contribution in [0.1, 0.15) is 65.7 Å². The van der Waals surface area contributed by atoms with Gasteiger partial charge < -0.3 is 15.3 Å². The van der Waals surface area contributed by atoms with E-state index in [-0.39, 0.29) is 11.5 Å². The van der Waals surface area contributed by atoms with Gasteiger partial charge in [-0.1, -0.05) is 27.2 Å². The van der Waals surface area contributed by atoms with Gasteiger partial charge in [-0.3, -0.25) is 9.80 Å². The smallest absolute Gasteiger partial charge is 0.0618 e. The molecule has 7 fully saturated rings. The summed E-state index contributed by atoms with van der Waals surface area (Å²) < 4.78 is 5.72. The molecular formula is C29H47N3O2. The number of nitrogens with one attached hydrogen (secondary N) is 1. The van der Waals surface area contributed by atoms with Crippen LogP contribution >= 0.6 is 0 Å². The normalized spacial score (nSPS) is 54.7. The van der Waals surface area contributed by atoms with E-state index in [1.165, 1.54) is 38.8 Å². The van der Waals surface area contributed by atoms with E-state index < -0.39 is 0 Å². The van der Waals surface area contributed by atoms with Crippen molar-refractivity contribution in [3.05, 3.63) is 0 Å². The fourth-order valence-corrected chi connectivity index (χ4v) is 11.4. The highest BCUT2D eigenvalue weighted by atomic mass is 16.5. The predicted octanol–water partition coefficient (Wildman–Crippen LogP) is 3.90. The Balaban J connectivity index is 1.18. The first-order chi connectivity index (χ1) is 16.3. The maximum absolute atomic E-state index is 12.1. The number of rotatable bonds is 3. The molecular weight excluding hydrogens is 422 g/mol. The molecule has 7 aliphatic rings. The van der Waals surface area contributed by atoms with Crippen LogP contribution in [0.5, 0.6) is 0 Å². The van der Waals surface area contributed by atoms with E-state index in [0.29, 0.717) is 41.3 Å². The van der Waals surface area contributed by atoms with Crippen LogP contribution in [-0.2, 0) is 4.74 Å². The van der Waals surface area contributed by atoms with Crippen LogP contribution in [0.15, 0.2) is 0 Å². The third-order valence-electron chi connectivity index (χ3n) is 12.8. The van der Waals surface area contributed by atoms with Crippen molar-refractivity contribution >= 4 is 5.71 Å². The van der Waals surface area contributed by atoms with Gasteiger partial charge >= 0.3 is 0 Å². The van der Waals surface area contributed by atoms with Gasteiger partial charge in [0.1, 0.15) is 0 Å². The second kappa shape index (κ2) is 7.52. The molecule has 0 amide bonds. The summed E-state index contributed by atoms with van der Waals surface area (Å²) in [6.07, 6.45) is 7.97. The number of nitrogens with zero attached hydrogens (tertiary/aromatic N) is 2. The predicted molar refractivity (Wildman–Crippen MR) is 134 cm³/mol. The van der Waals surface area contributed by atoms with Crippen molar-refractivity contribution in [1.29, 1.82) is 5.41 Å². The Morgan fingerprint density at radius 2 is 1.94 bits per heavy atom. The number of likely N-dealkylation sites (tertiary alicyclic amines) is 2. The number of fused-ring (bicyclic) bond motifs is 6. The van der Waals surface area contributed by atoms with Crippen LogP contribution in [0.3, 0.4) is 0 Å². The highest BCUT2D eigenvalue weighted by Crippen LogP contribution is 2.73. The van der Waals surface area contributed by atoms with Crippen molar-refractivity contribution in [2.24, 2.45) is 52.8 Å². The summed E-state index contributed by atoms with van der Waals surface area (Å²) in [6.45, 7) is 12.1. The molecule has 0 aromatic carbocycles. The van der Waals surface area contributed by atoms with E-state index in [2.05, 4.69) is 37.6 Å². The molecule has 7 rings (SSSR count). The van der Waals surface area contributed by atoms with Gasteiger partial charge in [-0.2, -0.15) is 0 Å². The summed E-state index contributed by atoms with van der Waals surface area (Å²) in [7, 11) is 2.33. The third kappa shape index (κ3) is 2.79. The Labute approximate surface area is 206 Å². The van der Waals surface area contributed by atoms with E-state index in [9.17, 15) is 5.11 Å². The van der Waals surface area contributed by atoms with Crippen molar-refractivity contribution in [3.8, 4) is 0 Å². The Morgan fingerprint density at radius 3 is 2.65 bits per heavy atom. The van der Waals surface area contributed by atoms with Gasteiger partial charge in [0, 0.05) is 62.0 Å². The Bertz CT molecular complexity index is 848. The summed E-state index contributed by atoms with van der Waals surface area (Å²) in [6, 6.07) is 0.932. The number of ether oxygens (including phenoxy) is 1. The summed E-state index contributed by atoms with van der Waals surface area (Å²) >= 11 is 0. The number of aliphatic hydroxyl groups is 1. The highest BCUT2D eigenvalue weighted by molar-refractivity contribution is 5.82. The molecule has 0 bridgehead atoms. The van der Waals surface area contributed by atoms with Crippen molar-refractivity contribution in [1.82, 2.24) is 9.80 Å². The topological polar surface area (TPSA) is 59.8 Å². The Morgan fingerprint density at radius 1 is 1.15 bits per heavy atom. The van der Waals surface area contributed by atoms with Crippen LogP contribution in [0.25, 0.3) is 0 Å². The first-order valence-electron chi connectivity index (χ1n) is 14.6. The number of aliphatic hydroxyl groups excluding tert-OH is 1. The van der Waals surface area contributed by atoms with Gasteiger partial charge in [0.25, 0.3) is 0 Å². The van der Waals surface area contributed by atoms with Gasteiger partial charge in [-0.25, -0.2) is 0 Å². The summed E-state index contributed by atoms with van der Waals surface area (Å²) in [5.41, 5.74) is 1.57. The maximum Gasteiger partial charge on any atom is 0.0618 e. The molecule has 190 valence electrons. The summed E-state index contributed by atoms with van der Waals surface area (Å²) in [5.74, 6) is 5.23. The second-order valence-electron chi connectivity index (χ2n) is 14.2. The minimum absolute atomic E-state index is 0.153. The van der Waals surface area contributed by atoms with Crippen LogP contribution in [0, 0.1) is 58.2 Å². The van der Waals surface area contributed by atoms with Crippen LogP contribution in [0.2, 0.25) is 0 Å². The van der Waals surface area contributed by atoms with Crippen LogP contribution in [0.4, 0.5) is 0 Å². The standard InChI is InChI=1S/C29H47N3O2/c1-5-18-10-21-25(22-12-29(18,22)32-13-17(14-32)16-8-9-34-15-16)28(2,3)27-24(26(21)33)20-7-6-19(30)11-23(20)31(27)4/h16-18,20-27,30,33H,5-15H2,1-4H3. The lowest BCUT2D eigenvalue weighted by atomic mass is 9.49. The second-order valence-corrected chi connectivity index (χ2v) is 14.2. The average Bonchev–Trinajstić information content (AvgIpc) is 3.12. The monoisotopic (exact) mass is 469 g/mol.